The molecule has 2 aromatic carbocycles. The molecule has 0 aliphatic carbocycles. The number of carbonyl (C=O) groups is 2. The zero-order chi connectivity index (χ0) is 20.6. The maximum atomic E-state index is 13.1. The van der Waals surface area contributed by atoms with Crippen molar-refractivity contribution in [3.63, 3.8) is 0 Å². The molecule has 1 amide bonds. The minimum atomic E-state index is -4.75. The molecule has 1 N–H and O–H groups in total. The molecule has 0 aliphatic heterocycles. The average Bonchev–Trinajstić information content (AvgIpc) is 2.69. The highest BCUT2D eigenvalue weighted by molar-refractivity contribution is 5.91. The standard InChI is InChI=1S/C19H18F3NO5/c1-26-17(24)15-8-7-14(11-16(15)19(20,21)22)27-10-9-23-18(25)28-12-13-5-3-2-4-6-13/h2-8,11H,9-10,12H2,1H3,(H,23,25). The highest BCUT2D eigenvalue weighted by Gasteiger charge is 2.36. The number of rotatable bonds is 7. The van der Waals surface area contributed by atoms with Crippen molar-refractivity contribution in [3.05, 3.63) is 65.2 Å². The summed E-state index contributed by atoms with van der Waals surface area (Å²) in [5, 5.41) is 2.42. The molecule has 0 saturated heterocycles. The van der Waals surface area contributed by atoms with E-state index >= 15 is 0 Å². The topological polar surface area (TPSA) is 73.9 Å². The van der Waals surface area contributed by atoms with E-state index in [4.69, 9.17) is 9.47 Å². The molecule has 0 fully saturated rings. The van der Waals surface area contributed by atoms with Crippen LogP contribution in [-0.2, 0) is 22.3 Å². The predicted molar refractivity (Wildman–Crippen MR) is 92.9 cm³/mol. The zero-order valence-electron chi connectivity index (χ0n) is 14.9. The fourth-order valence-corrected chi connectivity index (χ4v) is 2.23. The maximum absolute atomic E-state index is 13.1. The minimum Gasteiger partial charge on any atom is -0.492 e. The van der Waals surface area contributed by atoms with E-state index in [0.717, 1.165) is 18.7 Å². The second-order valence-electron chi connectivity index (χ2n) is 5.53. The van der Waals surface area contributed by atoms with Gasteiger partial charge in [0, 0.05) is 0 Å². The summed E-state index contributed by atoms with van der Waals surface area (Å²) in [6.07, 6.45) is -5.42. The summed E-state index contributed by atoms with van der Waals surface area (Å²) < 4.78 is 53.9. The maximum Gasteiger partial charge on any atom is 0.417 e. The average molecular weight is 397 g/mol. The summed E-state index contributed by atoms with van der Waals surface area (Å²) in [4.78, 5) is 23.0. The Morgan fingerprint density at radius 2 is 1.79 bits per heavy atom. The molecule has 0 aliphatic rings. The second kappa shape index (κ2) is 9.63. The van der Waals surface area contributed by atoms with Gasteiger partial charge in [-0.05, 0) is 23.8 Å². The number of carbonyl (C=O) groups excluding carboxylic acids is 2. The van der Waals surface area contributed by atoms with Crippen molar-refractivity contribution in [1.82, 2.24) is 5.32 Å². The van der Waals surface area contributed by atoms with Crippen LogP contribution in [0.1, 0.15) is 21.5 Å². The van der Waals surface area contributed by atoms with Gasteiger partial charge in [0.25, 0.3) is 0 Å². The molecular formula is C19H18F3NO5. The number of esters is 1. The van der Waals surface area contributed by atoms with E-state index in [0.29, 0.717) is 6.07 Å². The lowest BCUT2D eigenvalue weighted by molar-refractivity contribution is -0.138. The van der Waals surface area contributed by atoms with Crippen LogP contribution in [0.25, 0.3) is 0 Å². The van der Waals surface area contributed by atoms with Crippen molar-refractivity contribution in [2.24, 2.45) is 0 Å². The van der Waals surface area contributed by atoms with Gasteiger partial charge in [0.2, 0.25) is 0 Å². The van der Waals surface area contributed by atoms with Gasteiger partial charge in [0.15, 0.2) is 0 Å². The largest absolute Gasteiger partial charge is 0.492 e. The molecule has 0 aromatic heterocycles. The molecule has 0 radical (unpaired) electrons. The number of nitrogens with one attached hydrogen (secondary N) is 1. The van der Waals surface area contributed by atoms with Gasteiger partial charge >= 0.3 is 18.2 Å². The van der Waals surface area contributed by atoms with Crippen molar-refractivity contribution in [3.8, 4) is 5.75 Å². The summed E-state index contributed by atoms with van der Waals surface area (Å²) in [6, 6.07) is 12.0. The van der Waals surface area contributed by atoms with Gasteiger partial charge in [-0.1, -0.05) is 30.3 Å². The first-order chi connectivity index (χ1) is 13.3. The number of ether oxygens (including phenoxy) is 3. The van der Waals surface area contributed by atoms with Crippen LogP contribution in [0.3, 0.4) is 0 Å². The molecule has 0 bridgehead atoms. The molecule has 28 heavy (non-hydrogen) atoms. The first-order valence-electron chi connectivity index (χ1n) is 8.18. The van der Waals surface area contributed by atoms with Gasteiger partial charge in [-0.25, -0.2) is 9.59 Å². The first kappa shape index (κ1) is 21.1. The van der Waals surface area contributed by atoms with E-state index in [-0.39, 0.29) is 25.5 Å². The lowest BCUT2D eigenvalue weighted by Crippen LogP contribution is -2.28. The Labute approximate surface area is 159 Å². The lowest BCUT2D eigenvalue weighted by Gasteiger charge is -2.14. The lowest BCUT2D eigenvalue weighted by atomic mass is 10.1. The van der Waals surface area contributed by atoms with Gasteiger partial charge in [-0.15, -0.1) is 0 Å². The fraction of sp³-hybridized carbons (Fsp3) is 0.263. The normalized spacial score (nSPS) is 10.9. The van der Waals surface area contributed by atoms with Crippen LogP contribution in [-0.4, -0.2) is 32.3 Å². The molecule has 2 rings (SSSR count). The third kappa shape index (κ3) is 6.19. The van der Waals surface area contributed by atoms with Crippen molar-refractivity contribution in [1.29, 1.82) is 0 Å². The van der Waals surface area contributed by atoms with Crippen molar-refractivity contribution in [2.75, 3.05) is 20.3 Å². The van der Waals surface area contributed by atoms with Crippen LogP contribution >= 0.6 is 0 Å². The number of methoxy groups -OCH3 is 1. The fourth-order valence-electron chi connectivity index (χ4n) is 2.23. The van der Waals surface area contributed by atoms with Crippen LogP contribution in [0.5, 0.6) is 5.75 Å². The number of halogens is 3. The number of alkyl carbamates (subject to hydrolysis) is 1. The van der Waals surface area contributed by atoms with Gasteiger partial charge < -0.3 is 19.5 Å². The Morgan fingerprint density at radius 1 is 1.07 bits per heavy atom. The van der Waals surface area contributed by atoms with Gasteiger partial charge in [-0.3, -0.25) is 0 Å². The molecule has 6 nitrogen and oxygen atoms in total. The van der Waals surface area contributed by atoms with E-state index in [1.807, 2.05) is 18.2 Å². The van der Waals surface area contributed by atoms with Crippen molar-refractivity contribution >= 4 is 12.1 Å². The number of alkyl halides is 3. The highest BCUT2D eigenvalue weighted by Crippen LogP contribution is 2.34. The summed E-state index contributed by atoms with van der Waals surface area (Å²) in [5.74, 6) is -1.19. The minimum absolute atomic E-state index is 0.0216. The Hall–Kier alpha value is -3.23. The van der Waals surface area contributed by atoms with Gasteiger partial charge in [0.05, 0.1) is 24.8 Å². The summed E-state index contributed by atoms with van der Waals surface area (Å²) in [7, 11) is 0.995. The smallest absolute Gasteiger partial charge is 0.417 e. The summed E-state index contributed by atoms with van der Waals surface area (Å²) in [6.45, 7) is 0.0283. The van der Waals surface area contributed by atoms with Crippen LogP contribution in [0, 0.1) is 0 Å². The molecule has 0 saturated carbocycles. The highest BCUT2D eigenvalue weighted by atomic mass is 19.4. The molecule has 150 valence electrons. The molecule has 0 heterocycles. The SMILES string of the molecule is COC(=O)c1ccc(OCCNC(=O)OCc2ccccc2)cc1C(F)(F)F. The Kier molecular flexibility index (Phi) is 7.25. The number of amides is 1. The second-order valence-corrected chi connectivity index (χ2v) is 5.53. The monoisotopic (exact) mass is 397 g/mol. The molecular weight excluding hydrogens is 379 g/mol. The van der Waals surface area contributed by atoms with Crippen molar-refractivity contribution < 1.29 is 37.0 Å². The Bertz CT molecular complexity index is 809. The van der Waals surface area contributed by atoms with Crippen LogP contribution < -0.4 is 10.1 Å². The van der Waals surface area contributed by atoms with E-state index < -0.39 is 29.4 Å². The first-order valence-corrected chi connectivity index (χ1v) is 8.18. The van der Waals surface area contributed by atoms with Crippen LogP contribution in [0.2, 0.25) is 0 Å². The van der Waals surface area contributed by atoms with Gasteiger partial charge in [0.1, 0.15) is 19.0 Å². The van der Waals surface area contributed by atoms with Crippen LogP contribution in [0.4, 0.5) is 18.0 Å². The number of hydrogen-bond acceptors (Lipinski definition) is 5. The molecule has 2 aromatic rings. The molecule has 9 heteroatoms. The number of benzene rings is 2. The van der Waals surface area contributed by atoms with E-state index in [1.54, 1.807) is 12.1 Å². The quantitative estimate of drug-likeness (QED) is 0.568. The predicted octanol–water partition coefficient (Wildman–Crippen LogP) is 3.80. The van der Waals surface area contributed by atoms with Crippen LogP contribution in [0.15, 0.2) is 48.5 Å². The molecule has 0 unspecified atom stereocenters. The summed E-state index contributed by atoms with van der Waals surface area (Å²) in [5.41, 5.74) is -0.948. The van der Waals surface area contributed by atoms with Crippen molar-refractivity contribution in [2.45, 2.75) is 12.8 Å². The zero-order valence-corrected chi connectivity index (χ0v) is 14.9. The third-order valence-corrected chi connectivity index (χ3v) is 3.55. The molecule has 0 atom stereocenters. The van der Waals surface area contributed by atoms with E-state index in [2.05, 4.69) is 10.1 Å². The molecule has 0 spiro atoms. The Balaban J connectivity index is 1.84. The third-order valence-electron chi connectivity index (χ3n) is 3.55. The number of hydrogen-bond donors (Lipinski definition) is 1. The summed E-state index contributed by atoms with van der Waals surface area (Å²) >= 11 is 0. The van der Waals surface area contributed by atoms with Gasteiger partial charge in [-0.2, -0.15) is 13.2 Å². The van der Waals surface area contributed by atoms with E-state index in [1.165, 1.54) is 6.07 Å². The van der Waals surface area contributed by atoms with E-state index in [9.17, 15) is 22.8 Å². The Morgan fingerprint density at radius 3 is 2.43 bits per heavy atom.